The molecule has 0 amide bonds. The highest BCUT2D eigenvalue weighted by Crippen LogP contribution is 2.66. The Labute approximate surface area is 348 Å². The molecule has 0 bridgehead atoms. The zero-order valence-electron chi connectivity index (χ0n) is 33.0. The van der Waals surface area contributed by atoms with Gasteiger partial charge in [0.1, 0.15) is 24.4 Å². The molecule has 2 aliphatic heterocycles. The topological polar surface area (TPSA) is 58.5 Å². The second-order valence-corrected chi connectivity index (χ2v) is 16.3. The van der Waals surface area contributed by atoms with E-state index in [-0.39, 0.29) is 0 Å². The van der Waals surface area contributed by atoms with E-state index in [1.165, 1.54) is 0 Å². The Balaban J connectivity index is 1.31. The fourth-order valence-electron chi connectivity index (χ4n) is 8.43. The van der Waals surface area contributed by atoms with E-state index in [1.54, 1.807) is 0 Å². The number of hydrogen-bond donors (Lipinski definition) is 0. The van der Waals surface area contributed by atoms with Crippen molar-refractivity contribution in [3.05, 3.63) is 251 Å². The van der Waals surface area contributed by atoms with Gasteiger partial charge in [-0.2, -0.15) is 0 Å². The molecule has 0 unspecified atom stereocenters. The molecule has 6 nitrogen and oxygen atoms in total. The maximum absolute atomic E-state index is 7.74. The van der Waals surface area contributed by atoms with Crippen molar-refractivity contribution in [1.82, 2.24) is 0 Å². The average molecular weight is 796 g/mol. The normalized spacial score (nSPS) is 20.6. The molecule has 7 heteroatoms. The van der Waals surface area contributed by atoms with Gasteiger partial charge in [0.25, 0.3) is 0 Å². The number of nitrogens with zero attached hydrogens (tertiary/aromatic N) is 1. The van der Waals surface area contributed by atoms with Crippen molar-refractivity contribution in [3.63, 3.8) is 0 Å². The van der Waals surface area contributed by atoms with Crippen LogP contribution in [0.15, 0.2) is 217 Å². The van der Waals surface area contributed by atoms with Crippen molar-refractivity contribution in [2.75, 3.05) is 0 Å². The molecule has 0 saturated carbocycles. The third-order valence-corrected chi connectivity index (χ3v) is 12.4. The smallest absolute Gasteiger partial charge is 0.336 e. The predicted molar refractivity (Wildman–Crippen MR) is 234 cm³/mol. The van der Waals surface area contributed by atoms with E-state index in [0.29, 0.717) is 0 Å². The van der Waals surface area contributed by atoms with E-state index in [9.17, 15) is 0 Å². The van der Waals surface area contributed by atoms with Crippen LogP contribution in [-0.4, -0.2) is 24.2 Å². The van der Waals surface area contributed by atoms with Crippen molar-refractivity contribution in [2.45, 2.75) is 55.2 Å². The van der Waals surface area contributed by atoms with Crippen molar-refractivity contribution in [2.24, 2.45) is 4.99 Å². The first-order valence-corrected chi connectivity index (χ1v) is 21.2. The highest BCUT2D eigenvalue weighted by molar-refractivity contribution is 7.41. The van der Waals surface area contributed by atoms with Crippen LogP contribution in [0.4, 0.5) is 0 Å². The first-order valence-electron chi connectivity index (χ1n) is 20.1. The summed E-state index contributed by atoms with van der Waals surface area (Å²) in [5.74, 6) is -1.01. The molecule has 2 saturated heterocycles. The summed E-state index contributed by atoms with van der Waals surface area (Å²) in [5.41, 5.74) is 3.90. The van der Waals surface area contributed by atoms with Crippen LogP contribution in [0.3, 0.4) is 0 Å². The van der Waals surface area contributed by atoms with Crippen LogP contribution in [0, 0.1) is 0 Å². The van der Waals surface area contributed by atoms with E-state index in [1.807, 2.05) is 160 Å². The summed E-state index contributed by atoms with van der Waals surface area (Å²) in [6, 6.07) is 71.2. The number of ether oxygens (including phenoxy) is 2. The molecular weight excluding hydrogens is 750 g/mol. The fraction of sp³-hybridized carbons (Fsp3) is 0.173. The second kappa shape index (κ2) is 17.0. The van der Waals surface area contributed by atoms with E-state index >= 15 is 0 Å². The number of rotatable bonds is 11. The van der Waals surface area contributed by atoms with Gasteiger partial charge in [0, 0.05) is 6.21 Å². The van der Waals surface area contributed by atoms with Crippen molar-refractivity contribution in [1.29, 1.82) is 0 Å². The van der Waals surface area contributed by atoms with Crippen molar-refractivity contribution >= 4 is 14.8 Å². The molecule has 0 N–H and O–H groups in total. The van der Waals surface area contributed by atoms with Crippen LogP contribution in [0.25, 0.3) is 0 Å². The van der Waals surface area contributed by atoms with E-state index < -0.39 is 49.9 Å². The summed E-state index contributed by atoms with van der Waals surface area (Å²) in [6.45, 7) is 3.92. The minimum absolute atomic E-state index is 0.492. The van der Waals surface area contributed by atoms with Gasteiger partial charge in [-0.15, -0.1) is 0 Å². The lowest BCUT2D eigenvalue weighted by atomic mass is 9.72. The number of fused-ring (bicyclic) bond motifs is 1. The number of aliphatic imine (C=N–C) groups is 1. The molecular formula is C52H46NO5P. The Morgan fingerprint density at radius 1 is 0.475 bits per heavy atom. The van der Waals surface area contributed by atoms with Crippen LogP contribution < -0.4 is 0 Å². The van der Waals surface area contributed by atoms with Gasteiger partial charge in [-0.05, 0) is 52.8 Å². The number of hydrogen-bond acceptors (Lipinski definition) is 6. The summed E-state index contributed by atoms with van der Waals surface area (Å²) in [4.78, 5) is 5.31. The summed E-state index contributed by atoms with van der Waals surface area (Å²) in [7, 11) is -2.31. The van der Waals surface area contributed by atoms with Crippen LogP contribution in [-0.2, 0) is 34.2 Å². The molecule has 2 heterocycles. The van der Waals surface area contributed by atoms with Gasteiger partial charge in [0.2, 0.25) is 0 Å². The van der Waals surface area contributed by atoms with Gasteiger partial charge >= 0.3 is 8.60 Å². The third kappa shape index (κ3) is 7.72. The maximum Gasteiger partial charge on any atom is 0.336 e. The minimum atomic E-state index is -2.31. The quantitative estimate of drug-likeness (QED) is 0.0964. The first-order chi connectivity index (χ1) is 29.0. The average Bonchev–Trinajstić information content (AvgIpc) is 3.58. The van der Waals surface area contributed by atoms with Gasteiger partial charge in [-0.25, -0.2) is 0 Å². The van der Waals surface area contributed by atoms with Gasteiger partial charge in [0.15, 0.2) is 17.0 Å². The van der Waals surface area contributed by atoms with Crippen molar-refractivity contribution in [3.8, 4) is 0 Å². The van der Waals surface area contributed by atoms with Gasteiger partial charge in [-0.1, -0.05) is 212 Å². The molecule has 0 aliphatic carbocycles. The highest BCUT2D eigenvalue weighted by atomic mass is 31.2. The van der Waals surface area contributed by atoms with Crippen molar-refractivity contribution < 1.29 is 23.0 Å². The summed E-state index contributed by atoms with van der Waals surface area (Å²) in [5, 5.41) is 0. The molecule has 59 heavy (non-hydrogen) atoms. The lowest BCUT2D eigenvalue weighted by Crippen LogP contribution is -2.53. The number of benzene rings is 7. The lowest BCUT2D eigenvalue weighted by Gasteiger charge is -2.41. The molecule has 0 radical (unpaired) electrons. The molecule has 4 atom stereocenters. The Bertz CT molecular complexity index is 2240. The largest absolute Gasteiger partial charge is 0.341 e. The molecule has 0 spiro atoms. The fourth-order valence-corrected chi connectivity index (χ4v) is 10.1. The highest BCUT2D eigenvalue weighted by Gasteiger charge is 2.67. The van der Waals surface area contributed by atoms with Crippen LogP contribution in [0.1, 0.15) is 64.9 Å². The van der Waals surface area contributed by atoms with Gasteiger partial charge < -0.3 is 14.0 Å². The molecule has 7 aromatic rings. The van der Waals surface area contributed by atoms with E-state index in [0.717, 1.165) is 38.9 Å². The summed E-state index contributed by atoms with van der Waals surface area (Å²) in [6.07, 6.45) is -0.191. The lowest BCUT2D eigenvalue weighted by molar-refractivity contribution is -0.177. The third-order valence-electron chi connectivity index (χ3n) is 11.1. The molecule has 0 aromatic heterocycles. The zero-order valence-corrected chi connectivity index (χ0v) is 33.9. The Hall–Kier alpha value is -5.56. The molecule has 2 aliphatic rings. The maximum atomic E-state index is 7.74. The van der Waals surface area contributed by atoms with Crippen LogP contribution >= 0.6 is 8.60 Å². The SMILES string of the molecule is CC1(C)O[C@@H]2[C@@H](O1)C(c1ccccc1)(c1ccccc1)OP(O[C@H](c1ccccc1)[C@@H](N=Cc1ccccc1)c1ccccc1)OC2(c1ccccc1)c1ccccc1. The second-order valence-electron chi connectivity index (χ2n) is 15.3. The molecule has 9 rings (SSSR count). The Morgan fingerprint density at radius 2 is 0.814 bits per heavy atom. The molecule has 7 aromatic carbocycles. The van der Waals surface area contributed by atoms with Gasteiger partial charge in [-0.3, -0.25) is 14.0 Å². The predicted octanol–water partition coefficient (Wildman–Crippen LogP) is 12.3. The minimum Gasteiger partial charge on any atom is -0.341 e. The van der Waals surface area contributed by atoms with E-state index in [2.05, 4.69) is 72.8 Å². The van der Waals surface area contributed by atoms with Crippen LogP contribution in [0.2, 0.25) is 0 Å². The van der Waals surface area contributed by atoms with Gasteiger partial charge in [0.05, 0.1) is 0 Å². The standard InChI is InChI=1S/C52H46NO5P/c1-50(2)54-48-49(55-50)52(44-34-20-8-21-35-44,45-36-22-9-23-37-45)58-59(57-51(48,42-30-16-6-17-31-42)43-32-18-7-19-33-43)56-47(41-28-14-5-15-29-41)46(40-26-12-4-13-27-40)53-38-39-24-10-3-11-25-39/h3-38,46-49H,1-2H3/t46-,47+,48+,49+/m0/s1. The molecule has 2 fully saturated rings. The van der Waals surface area contributed by atoms with E-state index in [4.69, 9.17) is 28.0 Å². The molecule has 294 valence electrons. The Morgan fingerprint density at radius 3 is 1.20 bits per heavy atom. The summed E-state index contributed by atoms with van der Waals surface area (Å²) >= 11 is 0. The summed E-state index contributed by atoms with van der Waals surface area (Å²) < 4.78 is 37.5. The Kier molecular flexibility index (Phi) is 11.2. The monoisotopic (exact) mass is 795 g/mol. The van der Waals surface area contributed by atoms with Crippen LogP contribution in [0.5, 0.6) is 0 Å². The zero-order chi connectivity index (χ0) is 40.1. The first kappa shape index (κ1) is 38.9.